The summed E-state index contributed by atoms with van der Waals surface area (Å²) >= 11 is 12.3. The molecule has 2 aromatic carbocycles. The summed E-state index contributed by atoms with van der Waals surface area (Å²) in [5.74, 6) is 1.09. The third-order valence-corrected chi connectivity index (χ3v) is 7.15. The van der Waals surface area contributed by atoms with E-state index in [0.717, 1.165) is 33.9 Å². The second kappa shape index (κ2) is 12.6. The van der Waals surface area contributed by atoms with Crippen molar-refractivity contribution in [3.63, 3.8) is 0 Å². The number of hydrogen-bond acceptors (Lipinski definition) is 2. The molecule has 1 unspecified atom stereocenters. The van der Waals surface area contributed by atoms with Gasteiger partial charge in [0.05, 0.1) is 10.7 Å². The van der Waals surface area contributed by atoms with Crippen LogP contribution in [-0.4, -0.2) is 4.98 Å². The zero-order chi connectivity index (χ0) is 25.5. The van der Waals surface area contributed by atoms with Crippen LogP contribution in [0.25, 0.3) is 16.7 Å². The van der Waals surface area contributed by atoms with Gasteiger partial charge in [0.15, 0.2) is 0 Å². The van der Waals surface area contributed by atoms with Gasteiger partial charge in [-0.05, 0) is 56.0 Å². The summed E-state index contributed by atoms with van der Waals surface area (Å²) in [6.07, 6.45) is 8.69. The number of pyridine rings is 1. The molecule has 1 aliphatic rings. The molecule has 186 valence electrons. The van der Waals surface area contributed by atoms with Crippen molar-refractivity contribution in [1.29, 1.82) is 0 Å². The highest BCUT2D eigenvalue weighted by Gasteiger charge is 2.20. The summed E-state index contributed by atoms with van der Waals surface area (Å²) in [5.41, 5.74) is 5.16. The highest BCUT2D eigenvalue weighted by molar-refractivity contribution is 6.36. The number of allylic oxidation sites excluding steroid dienone is 1. The molecule has 35 heavy (non-hydrogen) atoms. The Morgan fingerprint density at radius 2 is 1.71 bits per heavy atom. The number of benzene rings is 2. The van der Waals surface area contributed by atoms with Crippen LogP contribution in [0.2, 0.25) is 10.0 Å². The van der Waals surface area contributed by atoms with Crippen molar-refractivity contribution in [2.75, 3.05) is 0 Å². The molecule has 0 bridgehead atoms. The van der Waals surface area contributed by atoms with Crippen LogP contribution in [0.4, 0.5) is 4.39 Å². The summed E-state index contributed by atoms with van der Waals surface area (Å²) in [4.78, 5) is 4.44. The van der Waals surface area contributed by atoms with Gasteiger partial charge in [-0.1, -0.05) is 98.6 Å². The topological polar surface area (TPSA) is 22.1 Å². The van der Waals surface area contributed by atoms with Gasteiger partial charge in [-0.3, -0.25) is 4.98 Å². The van der Waals surface area contributed by atoms with Gasteiger partial charge < -0.3 is 4.74 Å². The molecule has 0 N–H and O–H groups in total. The first kappa shape index (κ1) is 27.2. The zero-order valence-corrected chi connectivity index (χ0v) is 22.5. The molecule has 0 radical (unpaired) electrons. The molecule has 1 atom stereocenters. The van der Waals surface area contributed by atoms with Crippen LogP contribution in [0.15, 0.2) is 55.2 Å². The van der Waals surface area contributed by atoms with Crippen molar-refractivity contribution in [1.82, 2.24) is 4.98 Å². The lowest BCUT2D eigenvalue weighted by atomic mass is 9.91. The van der Waals surface area contributed by atoms with Crippen molar-refractivity contribution in [2.45, 2.75) is 65.9 Å². The van der Waals surface area contributed by atoms with E-state index in [0.29, 0.717) is 16.3 Å². The molecule has 0 amide bonds. The SMILES string of the molecule is C=C(C)c1ccc(-c2cnc(C)c(OC(C)c3c(Cl)ccc(F)c3Cl)c2)cc1.CC1CCCCC1. The van der Waals surface area contributed by atoms with E-state index in [1.165, 1.54) is 44.2 Å². The predicted octanol–water partition coefficient (Wildman–Crippen LogP) is 10.3. The highest BCUT2D eigenvalue weighted by Crippen LogP contribution is 2.36. The van der Waals surface area contributed by atoms with Crippen LogP contribution in [0.3, 0.4) is 0 Å². The van der Waals surface area contributed by atoms with Gasteiger partial charge in [0.25, 0.3) is 0 Å². The number of aryl methyl sites for hydroxylation is 1. The fourth-order valence-corrected chi connectivity index (χ4v) is 4.89. The average Bonchev–Trinajstić information content (AvgIpc) is 2.84. The zero-order valence-electron chi connectivity index (χ0n) is 21.0. The molecule has 1 heterocycles. The van der Waals surface area contributed by atoms with E-state index >= 15 is 0 Å². The van der Waals surface area contributed by atoms with Crippen molar-refractivity contribution in [3.8, 4) is 16.9 Å². The Bertz CT molecular complexity index is 1150. The minimum Gasteiger partial charge on any atom is -0.484 e. The van der Waals surface area contributed by atoms with E-state index in [-0.39, 0.29) is 5.02 Å². The predicted molar refractivity (Wildman–Crippen MR) is 147 cm³/mol. The summed E-state index contributed by atoms with van der Waals surface area (Å²) in [6.45, 7) is 11.9. The number of aromatic nitrogens is 1. The van der Waals surface area contributed by atoms with Crippen LogP contribution in [0, 0.1) is 18.7 Å². The van der Waals surface area contributed by atoms with E-state index in [1.54, 1.807) is 13.1 Å². The number of halogens is 3. The average molecular weight is 515 g/mol. The fraction of sp³-hybridized carbons (Fsp3) is 0.367. The molecule has 1 aliphatic carbocycles. The largest absolute Gasteiger partial charge is 0.484 e. The maximum Gasteiger partial charge on any atom is 0.142 e. The van der Waals surface area contributed by atoms with Crippen molar-refractivity contribution < 1.29 is 9.13 Å². The van der Waals surface area contributed by atoms with Gasteiger partial charge in [-0.25, -0.2) is 4.39 Å². The number of nitrogens with zero attached hydrogens (tertiary/aromatic N) is 1. The smallest absolute Gasteiger partial charge is 0.142 e. The summed E-state index contributed by atoms with van der Waals surface area (Å²) < 4.78 is 19.9. The first-order valence-electron chi connectivity index (χ1n) is 12.2. The van der Waals surface area contributed by atoms with Gasteiger partial charge in [-0.2, -0.15) is 0 Å². The van der Waals surface area contributed by atoms with Crippen molar-refractivity contribution in [2.24, 2.45) is 5.92 Å². The minimum atomic E-state index is -0.544. The van der Waals surface area contributed by atoms with Crippen LogP contribution in [0.1, 0.15) is 75.8 Å². The number of rotatable bonds is 5. The Kier molecular flexibility index (Phi) is 9.77. The van der Waals surface area contributed by atoms with Crippen molar-refractivity contribution >= 4 is 28.8 Å². The van der Waals surface area contributed by atoms with Gasteiger partial charge in [0.2, 0.25) is 0 Å². The van der Waals surface area contributed by atoms with Crippen LogP contribution in [0.5, 0.6) is 5.75 Å². The Hall–Kier alpha value is -2.36. The second-order valence-electron chi connectivity index (χ2n) is 9.43. The fourth-order valence-electron chi connectivity index (χ4n) is 4.21. The molecule has 0 aliphatic heterocycles. The molecule has 1 fully saturated rings. The van der Waals surface area contributed by atoms with E-state index in [1.807, 2.05) is 44.2 Å². The van der Waals surface area contributed by atoms with Crippen molar-refractivity contribution in [3.05, 3.63) is 87.9 Å². The third kappa shape index (κ3) is 7.32. The minimum absolute atomic E-state index is 0.0304. The quantitative estimate of drug-likeness (QED) is 0.316. The Morgan fingerprint density at radius 3 is 2.29 bits per heavy atom. The Balaban J connectivity index is 0.000000420. The Morgan fingerprint density at radius 1 is 1.06 bits per heavy atom. The monoisotopic (exact) mass is 513 g/mol. The molecule has 3 aromatic rings. The van der Waals surface area contributed by atoms with Gasteiger partial charge in [-0.15, -0.1) is 0 Å². The first-order valence-corrected chi connectivity index (χ1v) is 13.0. The molecule has 1 aromatic heterocycles. The molecule has 5 heteroatoms. The lowest BCUT2D eigenvalue weighted by molar-refractivity contribution is 0.224. The van der Waals surface area contributed by atoms with Crippen LogP contribution < -0.4 is 4.74 Å². The highest BCUT2D eigenvalue weighted by atomic mass is 35.5. The van der Waals surface area contributed by atoms with Crippen LogP contribution >= 0.6 is 23.2 Å². The normalized spacial score (nSPS) is 14.6. The maximum atomic E-state index is 13.8. The molecule has 4 rings (SSSR count). The van der Waals surface area contributed by atoms with Gasteiger partial charge >= 0.3 is 0 Å². The summed E-state index contributed by atoms with van der Waals surface area (Å²) in [5, 5.41) is 0.327. The molecular weight excluding hydrogens is 480 g/mol. The number of hydrogen-bond donors (Lipinski definition) is 0. The van der Waals surface area contributed by atoms with E-state index in [9.17, 15) is 4.39 Å². The van der Waals surface area contributed by atoms with E-state index < -0.39 is 11.9 Å². The van der Waals surface area contributed by atoms with E-state index in [4.69, 9.17) is 27.9 Å². The Labute approximate surface area is 219 Å². The molecule has 1 saturated carbocycles. The van der Waals surface area contributed by atoms with Crippen LogP contribution in [-0.2, 0) is 0 Å². The van der Waals surface area contributed by atoms with Gasteiger partial charge in [0.1, 0.15) is 17.7 Å². The van der Waals surface area contributed by atoms with Gasteiger partial charge in [0, 0.05) is 22.3 Å². The molecular formula is C30H34Cl2FNO. The first-order chi connectivity index (χ1) is 16.7. The lowest BCUT2D eigenvalue weighted by Crippen LogP contribution is -2.07. The molecule has 2 nitrogen and oxygen atoms in total. The summed E-state index contributed by atoms with van der Waals surface area (Å²) in [6, 6.07) is 12.7. The maximum absolute atomic E-state index is 13.8. The lowest BCUT2D eigenvalue weighted by Gasteiger charge is -2.19. The number of ether oxygens (including phenoxy) is 1. The van der Waals surface area contributed by atoms with E-state index in [2.05, 4.69) is 18.5 Å². The third-order valence-electron chi connectivity index (χ3n) is 6.44. The second-order valence-corrected chi connectivity index (χ2v) is 10.2. The molecule has 0 saturated heterocycles. The standard InChI is InChI=1S/C23H20Cl2FNO.C7H14/c1-13(2)16-5-7-17(8-6-16)18-11-21(14(3)27-12-18)28-15(4)22-19(24)9-10-20(26)23(22)25;1-7-5-3-2-4-6-7/h5-12,15H,1H2,2-4H3;7H,2-6H2,1H3. The summed E-state index contributed by atoms with van der Waals surface area (Å²) in [7, 11) is 0. The molecule has 0 spiro atoms.